The second-order valence-corrected chi connectivity index (χ2v) is 6.62. The predicted octanol–water partition coefficient (Wildman–Crippen LogP) is 4.17. The second kappa shape index (κ2) is 8.53. The van der Waals surface area contributed by atoms with Crippen LogP contribution in [0.3, 0.4) is 0 Å². The molecular formula is C21H23ClN4O3. The van der Waals surface area contributed by atoms with Gasteiger partial charge in [-0.05, 0) is 24.6 Å². The summed E-state index contributed by atoms with van der Waals surface area (Å²) in [6, 6.07) is 5.23. The van der Waals surface area contributed by atoms with Crippen LogP contribution in [0, 0.1) is 6.92 Å². The van der Waals surface area contributed by atoms with E-state index in [-0.39, 0.29) is 5.56 Å². The van der Waals surface area contributed by atoms with Crippen LogP contribution in [0.5, 0.6) is 11.5 Å². The van der Waals surface area contributed by atoms with Gasteiger partial charge in [0, 0.05) is 24.9 Å². The van der Waals surface area contributed by atoms with Crippen molar-refractivity contribution >= 4 is 28.2 Å². The van der Waals surface area contributed by atoms with Crippen molar-refractivity contribution in [2.45, 2.75) is 27.2 Å². The summed E-state index contributed by atoms with van der Waals surface area (Å²) in [5.41, 5.74) is 2.83. The first-order valence-electron chi connectivity index (χ1n) is 9.27. The maximum atomic E-state index is 12.5. The molecule has 4 aromatic rings. The molecular weight excluding hydrogens is 392 g/mol. The number of fused-ring (bicyclic) bond motifs is 2. The van der Waals surface area contributed by atoms with E-state index in [1.807, 2.05) is 43.6 Å². The molecule has 3 heterocycles. The van der Waals surface area contributed by atoms with Gasteiger partial charge in [0.25, 0.3) is 5.56 Å². The number of halogens is 1. The quantitative estimate of drug-likeness (QED) is 0.542. The van der Waals surface area contributed by atoms with Crippen LogP contribution in [0.2, 0.25) is 5.02 Å². The number of imidazole rings is 1. The third-order valence-electron chi connectivity index (χ3n) is 4.39. The lowest BCUT2D eigenvalue weighted by atomic mass is 10.2. The van der Waals surface area contributed by atoms with E-state index in [1.165, 1.54) is 7.11 Å². The van der Waals surface area contributed by atoms with Crippen LogP contribution >= 0.6 is 11.6 Å². The third-order valence-corrected chi connectivity index (χ3v) is 4.79. The van der Waals surface area contributed by atoms with Crippen LogP contribution in [0.25, 0.3) is 16.6 Å². The van der Waals surface area contributed by atoms with E-state index in [0.29, 0.717) is 39.7 Å². The van der Waals surface area contributed by atoms with Crippen molar-refractivity contribution in [3.63, 3.8) is 0 Å². The number of aryl methyl sites for hydroxylation is 1. The van der Waals surface area contributed by atoms with Crippen LogP contribution in [0.4, 0.5) is 0 Å². The summed E-state index contributed by atoms with van der Waals surface area (Å²) in [7, 11) is 3.07. The molecule has 1 N–H and O–H groups in total. The van der Waals surface area contributed by atoms with Gasteiger partial charge in [0.15, 0.2) is 11.5 Å². The van der Waals surface area contributed by atoms with Crippen molar-refractivity contribution in [1.82, 2.24) is 19.4 Å². The van der Waals surface area contributed by atoms with Crippen molar-refractivity contribution < 1.29 is 9.47 Å². The summed E-state index contributed by atoms with van der Waals surface area (Å²) in [5, 5.41) is 1.11. The first-order valence-corrected chi connectivity index (χ1v) is 9.65. The number of hydrogen-bond acceptors (Lipinski definition) is 5. The van der Waals surface area contributed by atoms with Gasteiger partial charge < -0.3 is 18.9 Å². The number of nitrogens with zero attached hydrogens (tertiary/aromatic N) is 3. The molecule has 8 heteroatoms. The molecule has 0 fully saturated rings. The molecule has 0 saturated heterocycles. The Hall–Kier alpha value is -3.06. The van der Waals surface area contributed by atoms with Crippen LogP contribution in [0.1, 0.15) is 30.9 Å². The summed E-state index contributed by atoms with van der Waals surface area (Å²) < 4.78 is 12.4. The Bertz CT molecular complexity index is 1190. The van der Waals surface area contributed by atoms with Crippen LogP contribution < -0.4 is 15.0 Å². The minimum atomic E-state index is -0.237. The number of ether oxygens (including phenoxy) is 2. The van der Waals surface area contributed by atoms with E-state index in [2.05, 4.69) is 15.0 Å². The molecule has 152 valence electrons. The van der Waals surface area contributed by atoms with Gasteiger partial charge in [0.1, 0.15) is 11.5 Å². The van der Waals surface area contributed by atoms with E-state index in [4.69, 9.17) is 21.1 Å². The first kappa shape index (κ1) is 20.7. The highest BCUT2D eigenvalue weighted by molar-refractivity contribution is 6.31. The molecule has 4 rings (SSSR count). The Balaban J connectivity index is 0.00000117. The van der Waals surface area contributed by atoms with Crippen molar-refractivity contribution in [3.8, 4) is 11.5 Å². The van der Waals surface area contributed by atoms with Gasteiger partial charge in [0.2, 0.25) is 0 Å². The smallest absolute Gasteiger partial charge is 0.258 e. The summed E-state index contributed by atoms with van der Waals surface area (Å²) in [6.45, 7) is 5.93. The standard InChI is InChI=1S/C19H17ClN4O3.C2H6/c1-10-4-18-21-11(8-24(18)9-13(10)20)5-17-22-14-7-16(27-3)15(26-2)6-12(14)19(25)23-17;1-2/h4,6-9H,5H2,1-3H3,(H,22,23,25);1-2H3. The van der Waals surface area contributed by atoms with Gasteiger partial charge in [-0.1, -0.05) is 25.4 Å². The number of rotatable bonds is 4. The monoisotopic (exact) mass is 414 g/mol. The van der Waals surface area contributed by atoms with Crippen molar-refractivity contribution in [2.75, 3.05) is 14.2 Å². The van der Waals surface area contributed by atoms with Gasteiger partial charge >= 0.3 is 0 Å². The average molecular weight is 415 g/mol. The maximum absolute atomic E-state index is 12.5. The fourth-order valence-electron chi connectivity index (χ4n) is 3.01. The van der Waals surface area contributed by atoms with Crippen molar-refractivity contribution in [1.29, 1.82) is 0 Å². The maximum Gasteiger partial charge on any atom is 0.258 e. The Morgan fingerprint density at radius 1 is 1.07 bits per heavy atom. The lowest BCUT2D eigenvalue weighted by Crippen LogP contribution is -2.12. The van der Waals surface area contributed by atoms with Gasteiger partial charge in [-0.15, -0.1) is 0 Å². The number of benzene rings is 1. The van der Waals surface area contributed by atoms with Crippen LogP contribution in [-0.2, 0) is 6.42 Å². The summed E-state index contributed by atoms with van der Waals surface area (Å²) in [4.78, 5) is 24.4. The highest BCUT2D eigenvalue weighted by Gasteiger charge is 2.12. The van der Waals surface area contributed by atoms with E-state index < -0.39 is 0 Å². The van der Waals surface area contributed by atoms with Crippen LogP contribution in [-0.4, -0.2) is 33.6 Å². The Kier molecular flexibility index (Phi) is 6.08. The van der Waals surface area contributed by atoms with Gasteiger partial charge in [-0.2, -0.15) is 0 Å². The predicted molar refractivity (Wildman–Crippen MR) is 115 cm³/mol. The topological polar surface area (TPSA) is 81.5 Å². The Morgan fingerprint density at radius 2 is 1.76 bits per heavy atom. The number of methoxy groups -OCH3 is 2. The highest BCUT2D eigenvalue weighted by atomic mass is 35.5. The molecule has 0 spiro atoms. The second-order valence-electron chi connectivity index (χ2n) is 6.22. The number of aromatic nitrogens is 4. The van der Waals surface area contributed by atoms with E-state index in [1.54, 1.807) is 19.2 Å². The SMILES string of the molecule is CC.COc1cc2nc(Cc3cn4cc(Cl)c(C)cc4n3)[nH]c(=O)c2cc1OC. The zero-order chi connectivity index (χ0) is 21.1. The number of hydrogen-bond donors (Lipinski definition) is 1. The molecule has 0 aliphatic heterocycles. The van der Waals surface area contributed by atoms with Crippen molar-refractivity contribution in [3.05, 3.63) is 63.1 Å². The number of nitrogens with one attached hydrogen (secondary N) is 1. The Morgan fingerprint density at radius 3 is 2.45 bits per heavy atom. The molecule has 0 aliphatic carbocycles. The normalized spacial score (nSPS) is 10.7. The molecule has 0 saturated carbocycles. The first-order chi connectivity index (χ1) is 14.0. The fraction of sp³-hybridized carbons (Fsp3) is 0.286. The molecule has 29 heavy (non-hydrogen) atoms. The zero-order valence-electron chi connectivity index (χ0n) is 17.0. The van der Waals surface area contributed by atoms with E-state index in [0.717, 1.165) is 16.9 Å². The number of pyridine rings is 1. The molecule has 0 radical (unpaired) electrons. The van der Waals surface area contributed by atoms with Crippen LogP contribution in [0.15, 0.2) is 35.4 Å². The molecule has 0 bridgehead atoms. The molecule has 7 nitrogen and oxygen atoms in total. The van der Waals surface area contributed by atoms with Gasteiger partial charge in [-0.3, -0.25) is 4.79 Å². The largest absolute Gasteiger partial charge is 0.493 e. The van der Waals surface area contributed by atoms with E-state index >= 15 is 0 Å². The molecule has 0 amide bonds. The lowest BCUT2D eigenvalue weighted by molar-refractivity contribution is 0.355. The van der Waals surface area contributed by atoms with E-state index in [9.17, 15) is 4.79 Å². The highest BCUT2D eigenvalue weighted by Crippen LogP contribution is 2.30. The summed E-state index contributed by atoms with van der Waals surface area (Å²) >= 11 is 6.17. The fourth-order valence-corrected chi connectivity index (χ4v) is 3.17. The number of aromatic amines is 1. The number of H-pyrrole nitrogens is 1. The summed E-state index contributed by atoms with van der Waals surface area (Å²) in [5.74, 6) is 1.52. The molecule has 0 aliphatic rings. The Labute approximate surface area is 173 Å². The summed E-state index contributed by atoms with van der Waals surface area (Å²) in [6.07, 6.45) is 4.08. The average Bonchev–Trinajstić information content (AvgIpc) is 3.09. The molecule has 3 aromatic heterocycles. The third kappa shape index (κ3) is 4.05. The minimum Gasteiger partial charge on any atom is -0.493 e. The van der Waals surface area contributed by atoms with Gasteiger partial charge in [-0.25, -0.2) is 9.97 Å². The molecule has 0 atom stereocenters. The van der Waals surface area contributed by atoms with Crippen molar-refractivity contribution in [2.24, 2.45) is 0 Å². The molecule has 1 aromatic carbocycles. The lowest BCUT2D eigenvalue weighted by Gasteiger charge is -2.09. The molecule has 0 unspecified atom stereocenters. The minimum absolute atomic E-state index is 0.237. The van der Waals surface area contributed by atoms with Gasteiger partial charge in [0.05, 0.1) is 35.8 Å². The zero-order valence-corrected chi connectivity index (χ0v) is 17.8.